The van der Waals surface area contributed by atoms with E-state index in [0.717, 1.165) is 55.0 Å². The molecule has 0 spiro atoms. The fourth-order valence-corrected chi connectivity index (χ4v) is 6.29. The number of para-hydroxylation sites is 3. The molecule has 40 heavy (non-hydrogen) atoms. The summed E-state index contributed by atoms with van der Waals surface area (Å²) in [5, 5.41) is 17.2. The van der Waals surface area contributed by atoms with E-state index in [4.69, 9.17) is 6.57 Å². The van der Waals surface area contributed by atoms with Crippen molar-refractivity contribution in [2.45, 2.75) is 0 Å². The van der Waals surface area contributed by atoms with Crippen molar-refractivity contribution in [3.8, 4) is 17.4 Å². The van der Waals surface area contributed by atoms with Gasteiger partial charge in [0.1, 0.15) is 0 Å². The molecule has 0 atom stereocenters. The highest BCUT2D eigenvalue weighted by Crippen LogP contribution is 2.41. The van der Waals surface area contributed by atoms with E-state index in [-0.39, 0.29) is 0 Å². The van der Waals surface area contributed by atoms with Crippen LogP contribution >= 0.6 is 0 Å². The number of benzene rings is 6. The van der Waals surface area contributed by atoms with Crippen LogP contribution in [0.2, 0.25) is 0 Å². The minimum absolute atomic E-state index is 0.442. The Hall–Kier alpha value is -5.84. The topological polar surface area (TPSA) is 38.0 Å². The molecule has 4 heteroatoms. The second-order valence-electron chi connectivity index (χ2n) is 9.98. The van der Waals surface area contributed by atoms with Crippen molar-refractivity contribution in [2.75, 3.05) is 0 Å². The largest absolute Gasteiger partial charge is 0.319 e. The van der Waals surface area contributed by atoms with E-state index in [0.29, 0.717) is 11.3 Å². The zero-order valence-electron chi connectivity index (χ0n) is 21.3. The summed E-state index contributed by atoms with van der Waals surface area (Å²) >= 11 is 0. The van der Waals surface area contributed by atoms with Gasteiger partial charge in [-0.15, -0.1) is 0 Å². The summed E-state index contributed by atoms with van der Waals surface area (Å²) in [7, 11) is 0. The minimum atomic E-state index is 0.442. The number of nitriles is 1. The lowest BCUT2D eigenvalue weighted by atomic mass is 10.0. The summed E-state index contributed by atoms with van der Waals surface area (Å²) in [6.07, 6.45) is 0. The van der Waals surface area contributed by atoms with Gasteiger partial charge in [0.15, 0.2) is 0 Å². The third kappa shape index (κ3) is 2.93. The van der Waals surface area contributed by atoms with Crippen LogP contribution in [0.5, 0.6) is 0 Å². The van der Waals surface area contributed by atoms with Gasteiger partial charge < -0.3 is 9.13 Å². The number of rotatable bonds is 2. The molecule has 2 heterocycles. The summed E-state index contributed by atoms with van der Waals surface area (Å²) in [5.41, 5.74) is 6.52. The van der Waals surface area contributed by atoms with Crippen LogP contribution in [0.25, 0.3) is 70.6 Å². The van der Waals surface area contributed by atoms with Crippen LogP contribution in [0.3, 0.4) is 0 Å². The van der Waals surface area contributed by atoms with E-state index in [9.17, 15) is 5.26 Å². The Morgan fingerprint density at radius 3 is 1.75 bits per heavy atom. The average molecular weight is 509 g/mol. The number of hydrogen-bond donors (Lipinski definition) is 0. The quantitative estimate of drug-likeness (QED) is 0.214. The van der Waals surface area contributed by atoms with Crippen LogP contribution < -0.4 is 0 Å². The first kappa shape index (κ1) is 22.2. The summed E-state index contributed by atoms with van der Waals surface area (Å²) < 4.78 is 4.34. The van der Waals surface area contributed by atoms with Gasteiger partial charge in [-0.2, -0.15) is 5.26 Å². The molecule has 0 aliphatic heterocycles. The third-order valence-corrected chi connectivity index (χ3v) is 7.96. The van der Waals surface area contributed by atoms with E-state index >= 15 is 0 Å². The molecule has 4 nitrogen and oxygen atoms in total. The predicted octanol–water partition coefficient (Wildman–Crippen LogP) is 9.46. The van der Waals surface area contributed by atoms with Crippen molar-refractivity contribution in [1.29, 1.82) is 5.26 Å². The van der Waals surface area contributed by atoms with E-state index in [1.54, 1.807) is 6.07 Å². The standard InChI is InChI=1S/C36H20N4/c1-38-29-20-24(22-37)34(39-30-15-7-4-12-26(30)27-13-5-8-16-31(27)39)21-35(29)40-32-17-9-6-14-28(32)36-25-11-3-2-10-23(25)18-19-33(36)40/h2-21H. The molecule has 0 N–H and O–H groups in total. The van der Waals surface area contributed by atoms with Gasteiger partial charge in [-0.25, -0.2) is 4.85 Å². The highest BCUT2D eigenvalue weighted by molar-refractivity contribution is 6.21. The van der Waals surface area contributed by atoms with Gasteiger partial charge in [0.05, 0.1) is 51.6 Å². The molecule has 6 aromatic carbocycles. The fourth-order valence-electron chi connectivity index (χ4n) is 6.29. The molecule has 2 aromatic heterocycles. The molecule has 0 saturated carbocycles. The Morgan fingerprint density at radius 2 is 1.10 bits per heavy atom. The van der Waals surface area contributed by atoms with Crippen LogP contribution in [-0.4, -0.2) is 9.13 Å². The van der Waals surface area contributed by atoms with Gasteiger partial charge >= 0.3 is 0 Å². The molecule has 8 aromatic rings. The van der Waals surface area contributed by atoms with Gasteiger partial charge in [-0.05, 0) is 47.2 Å². The van der Waals surface area contributed by atoms with Gasteiger partial charge in [0, 0.05) is 21.5 Å². The Morgan fingerprint density at radius 1 is 0.550 bits per heavy atom. The fraction of sp³-hybridized carbons (Fsp3) is 0. The maximum absolute atomic E-state index is 10.3. The van der Waals surface area contributed by atoms with Crippen LogP contribution in [0.4, 0.5) is 5.69 Å². The molecular weight excluding hydrogens is 488 g/mol. The Labute approximate surface area is 230 Å². The SMILES string of the molecule is [C-]#[N+]c1cc(C#N)c(-n2c3ccccc3c3ccccc32)cc1-n1c2ccccc2c2c3ccccc3ccc21. The van der Waals surface area contributed by atoms with E-state index in [1.165, 1.54) is 10.8 Å². The van der Waals surface area contributed by atoms with Gasteiger partial charge in [-0.3, -0.25) is 0 Å². The molecule has 0 unspecified atom stereocenters. The molecule has 0 amide bonds. The van der Waals surface area contributed by atoms with Crippen LogP contribution in [0, 0.1) is 17.9 Å². The lowest BCUT2D eigenvalue weighted by Crippen LogP contribution is -2.02. The lowest BCUT2D eigenvalue weighted by Gasteiger charge is -2.16. The summed E-state index contributed by atoms with van der Waals surface area (Å²) in [5.74, 6) is 0. The minimum Gasteiger partial charge on any atom is -0.319 e. The first-order valence-electron chi connectivity index (χ1n) is 13.1. The second kappa shape index (κ2) is 8.33. The van der Waals surface area contributed by atoms with Crippen molar-refractivity contribution in [2.24, 2.45) is 0 Å². The maximum Gasteiger partial charge on any atom is 0.212 e. The van der Waals surface area contributed by atoms with E-state index in [1.807, 2.05) is 36.4 Å². The number of nitrogens with zero attached hydrogens (tertiary/aromatic N) is 4. The third-order valence-electron chi connectivity index (χ3n) is 7.96. The molecular formula is C36H20N4. The number of hydrogen-bond acceptors (Lipinski definition) is 1. The van der Waals surface area contributed by atoms with Crippen molar-refractivity contribution in [3.63, 3.8) is 0 Å². The first-order chi connectivity index (χ1) is 19.8. The summed E-state index contributed by atoms with van der Waals surface area (Å²) in [6, 6.07) is 43.7. The van der Waals surface area contributed by atoms with E-state index in [2.05, 4.69) is 98.9 Å². The van der Waals surface area contributed by atoms with Crippen LogP contribution in [-0.2, 0) is 0 Å². The molecule has 0 fully saturated rings. The molecule has 0 radical (unpaired) electrons. The second-order valence-corrected chi connectivity index (χ2v) is 9.98. The zero-order valence-corrected chi connectivity index (χ0v) is 21.3. The van der Waals surface area contributed by atoms with E-state index < -0.39 is 0 Å². The van der Waals surface area contributed by atoms with Gasteiger partial charge in [0.2, 0.25) is 5.69 Å². The van der Waals surface area contributed by atoms with Crippen molar-refractivity contribution >= 4 is 60.1 Å². The molecule has 0 aliphatic carbocycles. The van der Waals surface area contributed by atoms with Gasteiger partial charge in [0.25, 0.3) is 0 Å². The number of aromatic nitrogens is 2. The average Bonchev–Trinajstić information content (AvgIpc) is 3.53. The maximum atomic E-state index is 10.3. The Balaban J connectivity index is 1.54. The van der Waals surface area contributed by atoms with Crippen molar-refractivity contribution in [3.05, 3.63) is 138 Å². The first-order valence-corrected chi connectivity index (χ1v) is 13.1. The molecule has 184 valence electrons. The molecule has 8 rings (SSSR count). The molecule has 0 saturated heterocycles. The Kier molecular flexibility index (Phi) is 4.62. The van der Waals surface area contributed by atoms with Crippen molar-refractivity contribution in [1.82, 2.24) is 9.13 Å². The lowest BCUT2D eigenvalue weighted by molar-refractivity contribution is 1.13. The highest BCUT2D eigenvalue weighted by atomic mass is 15.0. The smallest absolute Gasteiger partial charge is 0.212 e. The summed E-state index contributed by atoms with van der Waals surface area (Å²) in [6.45, 7) is 8.11. The predicted molar refractivity (Wildman–Crippen MR) is 164 cm³/mol. The molecule has 0 aliphatic rings. The molecule has 0 bridgehead atoms. The van der Waals surface area contributed by atoms with Crippen molar-refractivity contribution < 1.29 is 0 Å². The summed E-state index contributed by atoms with van der Waals surface area (Å²) in [4.78, 5) is 3.93. The van der Waals surface area contributed by atoms with Gasteiger partial charge in [-0.1, -0.05) is 84.9 Å². The monoisotopic (exact) mass is 508 g/mol. The van der Waals surface area contributed by atoms with Crippen LogP contribution in [0.1, 0.15) is 5.56 Å². The normalized spacial score (nSPS) is 11.4. The number of fused-ring (bicyclic) bond motifs is 8. The van der Waals surface area contributed by atoms with Crippen LogP contribution in [0.15, 0.2) is 121 Å². The highest BCUT2D eigenvalue weighted by Gasteiger charge is 2.21. The zero-order chi connectivity index (χ0) is 26.8. The Bertz CT molecular complexity index is 2350.